The largest absolute Gasteiger partial charge is 0.497 e. The number of hydrogen-bond donors (Lipinski definition) is 1. The zero-order chi connectivity index (χ0) is 18.2. The Hall–Kier alpha value is -2.46. The number of aldehydes is 2. The van der Waals surface area contributed by atoms with Gasteiger partial charge in [-0.2, -0.15) is 0 Å². The van der Waals surface area contributed by atoms with E-state index in [1.54, 1.807) is 31.4 Å². The van der Waals surface area contributed by atoms with Crippen LogP contribution in [0.1, 0.15) is 37.5 Å². The second kappa shape index (κ2) is 14.2. The standard InChI is InChI=1S/C10H12O2.C8H8O2.C2H6/c1-12-10-6-2-4-9(8-10)5-3-7-11;9-6-8(10)7-4-2-1-3-5-7;1-2/h2,4,6-8H,3,5H2,1H3;1-6,8,10H;1-2H3/t;8-;/m.1./s1. The van der Waals surface area contributed by atoms with Crippen molar-refractivity contribution in [3.63, 3.8) is 0 Å². The summed E-state index contributed by atoms with van der Waals surface area (Å²) in [5, 5.41) is 8.96. The Kier molecular flexibility index (Phi) is 12.7. The molecule has 0 unspecified atom stereocenters. The van der Waals surface area contributed by atoms with Gasteiger partial charge in [0.1, 0.15) is 18.1 Å². The molecule has 130 valence electrons. The van der Waals surface area contributed by atoms with Gasteiger partial charge in [-0.25, -0.2) is 0 Å². The summed E-state index contributed by atoms with van der Waals surface area (Å²) in [7, 11) is 1.64. The highest BCUT2D eigenvalue weighted by Crippen LogP contribution is 2.13. The van der Waals surface area contributed by atoms with E-state index in [4.69, 9.17) is 9.84 Å². The lowest BCUT2D eigenvalue weighted by Gasteiger charge is -2.01. The minimum atomic E-state index is -0.971. The van der Waals surface area contributed by atoms with E-state index in [9.17, 15) is 9.59 Å². The molecule has 0 saturated heterocycles. The summed E-state index contributed by atoms with van der Waals surface area (Å²) in [6.45, 7) is 4.00. The SMILES string of the molecule is CC.COc1cccc(CCC=O)c1.O=C[C@@H](O)c1ccccc1. The molecule has 4 heteroatoms. The molecule has 0 heterocycles. The van der Waals surface area contributed by atoms with Crippen LogP contribution in [0.5, 0.6) is 5.75 Å². The topological polar surface area (TPSA) is 63.6 Å². The van der Waals surface area contributed by atoms with Crippen molar-refractivity contribution in [2.75, 3.05) is 7.11 Å². The van der Waals surface area contributed by atoms with Gasteiger partial charge in [0, 0.05) is 6.42 Å². The quantitative estimate of drug-likeness (QED) is 0.819. The fourth-order valence-corrected chi connectivity index (χ4v) is 1.78. The van der Waals surface area contributed by atoms with Crippen molar-refractivity contribution in [3.8, 4) is 5.75 Å². The zero-order valence-electron chi connectivity index (χ0n) is 14.5. The van der Waals surface area contributed by atoms with E-state index >= 15 is 0 Å². The summed E-state index contributed by atoms with van der Waals surface area (Å²) in [5.74, 6) is 0.846. The van der Waals surface area contributed by atoms with Gasteiger partial charge in [0.05, 0.1) is 7.11 Å². The predicted octanol–water partition coefficient (Wildman–Crippen LogP) is 3.77. The molecule has 0 saturated carbocycles. The maximum Gasteiger partial charge on any atom is 0.153 e. The summed E-state index contributed by atoms with van der Waals surface area (Å²) < 4.78 is 5.05. The highest BCUT2D eigenvalue weighted by atomic mass is 16.5. The van der Waals surface area contributed by atoms with Gasteiger partial charge in [0.25, 0.3) is 0 Å². The first-order chi connectivity index (χ1) is 11.7. The second-order valence-electron chi connectivity index (χ2n) is 4.55. The lowest BCUT2D eigenvalue weighted by molar-refractivity contribution is -0.115. The van der Waals surface area contributed by atoms with Crippen molar-refractivity contribution in [1.82, 2.24) is 0 Å². The number of carbonyl (C=O) groups is 2. The third kappa shape index (κ3) is 8.86. The van der Waals surface area contributed by atoms with Crippen molar-refractivity contribution < 1.29 is 19.4 Å². The van der Waals surface area contributed by atoms with Crippen LogP contribution >= 0.6 is 0 Å². The van der Waals surface area contributed by atoms with Crippen LogP contribution in [0.2, 0.25) is 0 Å². The molecule has 2 rings (SSSR count). The Morgan fingerprint density at radius 3 is 2.25 bits per heavy atom. The van der Waals surface area contributed by atoms with E-state index < -0.39 is 6.10 Å². The van der Waals surface area contributed by atoms with E-state index in [0.717, 1.165) is 24.0 Å². The average molecular weight is 330 g/mol. The van der Waals surface area contributed by atoms with E-state index in [2.05, 4.69) is 0 Å². The molecule has 1 N–H and O–H groups in total. The van der Waals surface area contributed by atoms with Crippen LogP contribution in [0.3, 0.4) is 0 Å². The normalized spacial score (nSPS) is 10.2. The molecular formula is C20H26O4. The fourth-order valence-electron chi connectivity index (χ4n) is 1.78. The first-order valence-electron chi connectivity index (χ1n) is 7.96. The first-order valence-corrected chi connectivity index (χ1v) is 7.96. The summed E-state index contributed by atoms with van der Waals surface area (Å²) in [4.78, 5) is 20.2. The molecule has 1 atom stereocenters. The van der Waals surface area contributed by atoms with Crippen molar-refractivity contribution >= 4 is 12.6 Å². The summed E-state index contributed by atoms with van der Waals surface area (Å²) >= 11 is 0. The van der Waals surface area contributed by atoms with Gasteiger partial charge >= 0.3 is 0 Å². The third-order valence-corrected chi connectivity index (χ3v) is 2.96. The molecule has 0 fully saturated rings. The maximum absolute atomic E-state index is 10.1. The molecule has 0 amide bonds. The number of carbonyl (C=O) groups excluding carboxylic acids is 2. The lowest BCUT2D eigenvalue weighted by atomic mass is 10.1. The maximum atomic E-state index is 10.1. The average Bonchev–Trinajstić information content (AvgIpc) is 2.68. The van der Waals surface area contributed by atoms with E-state index in [1.807, 2.05) is 44.2 Å². The monoisotopic (exact) mass is 330 g/mol. The van der Waals surface area contributed by atoms with Gasteiger partial charge in [0.15, 0.2) is 6.29 Å². The Labute approximate surface area is 144 Å². The van der Waals surface area contributed by atoms with Crippen LogP contribution in [0.4, 0.5) is 0 Å². The number of methoxy groups -OCH3 is 1. The van der Waals surface area contributed by atoms with Gasteiger partial charge in [-0.05, 0) is 29.7 Å². The first kappa shape index (κ1) is 21.5. The molecule has 4 nitrogen and oxygen atoms in total. The number of rotatable bonds is 6. The number of benzene rings is 2. The Balaban J connectivity index is 0.000000405. The Bertz CT molecular complexity index is 567. The fraction of sp³-hybridized carbons (Fsp3) is 0.300. The van der Waals surface area contributed by atoms with Gasteiger partial charge in [0.2, 0.25) is 0 Å². The van der Waals surface area contributed by atoms with Crippen molar-refractivity contribution in [3.05, 3.63) is 65.7 Å². The summed E-state index contributed by atoms with van der Waals surface area (Å²) in [6, 6.07) is 16.6. The van der Waals surface area contributed by atoms with Crippen LogP contribution in [0.15, 0.2) is 54.6 Å². The molecular weight excluding hydrogens is 304 g/mol. The molecule has 24 heavy (non-hydrogen) atoms. The van der Waals surface area contributed by atoms with Crippen LogP contribution in [-0.4, -0.2) is 24.8 Å². The number of aryl methyl sites for hydroxylation is 1. The molecule has 0 spiro atoms. The number of aliphatic hydroxyl groups excluding tert-OH is 1. The van der Waals surface area contributed by atoms with Crippen molar-refractivity contribution in [2.45, 2.75) is 32.8 Å². The molecule has 0 aliphatic heterocycles. The molecule has 0 radical (unpaired) electrons. The van der Waals surface area contributed by atoms with Crippen LogP contribution in [0.25, 0.3) is 0 Å². The Morgan fingerprint density at radius 2 is 1.71 bits per heavy atom. The van der Waals surface area contributed by atoms with Crippen LogP contribution < -0.4 is 4.74 Å². The van der Waals surface area contributed by atoms with Gasteiger partial charge in [-0.3, -0.25) is 0 Å². The molecule has 0 bridgehead atoms. The zero-order valence-corrected chi connectivity index (χ0v) is 14.5. The van der Waals surface area contributed by atoms with Gasteiger partial charge < -0.3 is 19.4 Å². The molecule has 0 aromatic heterocycles. The summed E-state index contributed by atoms with van der Waals surface area (Å²) in [6.07, 6.45) is 1.84. The van der Waals surface area contributed by atoms with E-state index in [-0.39, 0.29) is 0 Å². The van der Waals surface area contributed by atoms with Crippen LogP contribution in [-0.2, 0) is 16.0 Å². The molecule has 0 aliphatic rings. The number of ether oxygens (including phenoxy) is 1. The smallest absolute Gasteiger partial charge is 0.153 e. The predicted molar refractivity (Wildman–Crippen MR) is 96.2 cm³/mol. The third-order valence-electron chi connectivity index (χ3n) is 2.96. The lowest BCUT2D eigenvalue weighted by Crippen LogP contribution is -1.96. The second-order valence-corrected chi connectivity index (χ2v) is 4.55. The van der Waals surface area contributed by atoms with Crippen LogP contribution in [0, 0.1) is 0 Å². The number of hydrogen-bond acceptors (Lipinski definition) is 4. The highest BCUT2D eigenvalue weighted by Gasteiger charge is 2.01. The minimum Gasteiger partial charge on any atom is -0.497 e. The molecule has 2 aromatic carbocycles. The molecule has 2 aromatic rings. The Morgan fingerprint density at radius 1 is 1.04 bits per heavy atom. The van der Waals surface area contributed by atoms with E-state index in [0.29, 0.717) is 18.3 Å². The van der Waals surface area contributed by atoms with Crippen molar-refractivity contribution in [1.29, 1.82) is 0 Å². The van der Waals surface area contributed by atoms with Gasteiger partial charge in [-0.15, -0.1) is 0 Å². The van der Waals surface area contributed by atoms with E-state index in [1.165, 1.54) is 0 Å². The summed E-state index contributed by atoms with van der Waals surface area (Å²) in [5.41, 5.74) is 1.78. The highest BCUT2D eigenvalue weighted by molar-refractivity contribution is 5.59. The number of aliphatic hydroxyl groups is 1. The molecule has 0 aliphatic carbocycles. The minimum absolute atomic E-state index is 0.509. The van der Waals surface area contributed by atoms with Gasteiger partial charge in [-0.1, -0.05) is 56.3 Å². The van der Waals surface area contributed by atoms with Crippen molar-refractivity contribution in [2.24, 2.45) is 0 Å².